The summed E-state index contributed by atoms with van der Waals surface area (Å²) in [5, 5.41) is 3.06. The number of nitrogens with one attached hydrogen (secondary N) is 1. The van der Waals surface area contributed by atoms with Crippen molar-refractivity contribution >= 4 is 5.91 Å². The molecule has 0 aliphatic heterocycles. The monoisotopic (exact) mass is 260 g/mol. The summed E-state index contributed by atoms with van der Waals surface area (Å²) in [4.78, 5) is 13.9. The summed E-state index contributed by atoms with van der Waals surface area (Å²) in [5.41, 5.74) is 4.09. The molecule has 0 spiro atoms. The lowest BCUT2D eigenvalue weighted by Crippen LogP contribution is -2.33. The molecular formula is C16H24N2O. The number of nitrogens with zero attached hydrogens (tertiary/aromatic N) is 1. The Hall–Kier alpha value is -1.35. The molecule has 1 aliphatic carbocycles. The van der Waals surface area contributed by atoms with Crippen LogP contribution in [-0.4, -0.2) is 38.0 Å². The standard InChI is InChI=1S/C16H24N2O/c1-17-9-10-18(2)16(19)12-13-7-8-14-5-3-4-6-15(14)11-13/h7-8,11,17H,3-6,9-10,12H2,1-2H3. The van der Waals surface area contributed by atoms with E-state index in [9.17, 15) is 4.79 Å². The van der Waals surface area contributed by atoms with Crippen LogP contribution in [-0.2, 0) is 24.1 Å². The molecule has 3 nitrogen and oxygen atoms in total. The first kappa shape index (κ1) is 14.1. The molecule has 0 aromatic heterocycles. The van der Waals surface area contributed by atoms with E-state index in [-0.39, 0.29) is 5.91 Å². The van der Waals surface area contributed by atoms with Crippen molar-refractivity contribution in [3.8, 4) is 0 Å². The summed E-state index contributed by atoms with van der Waals surface area (Å²) in [7, 11) is 3.78. The highest BCUT2D eigenvalue weighted by Crippen LogP contribution is 2.22. The molecule has 1 aromatic carbocycles. The first-order valence-electron chi connectivity index (χ1n) is 7.20. The highest BCUT2D eigenvalue weighted by atomic mass is 16.2. The van der Waals surface area contributed by atoms with E-state index in [1.165, 1.54) is 36.8 Å². The van der Waals surface area contributed by atoms with Crippen LogP contribution >= 0.6 is 0 Å². The van der Waals surface area contributed by atoms with Gasteiger partial charge in [0, 0.05) is 20.1 Å². The zero-order chi connectivity index (χ0) is 13.7. The highest BCUT2D eigenvalue weighted by Gasteiger charge is 2.13. The number of fused-ring (bicyclic) bond motifs is 1. The van der Waals surface area contributed by atoms with Gasteiger partial charge >= 0.3 is 0 Å². The van der Waals surface area contributed by atoms with Crippen molar-refractivity contribution in [1.82, 2.24) is 10.2 Å². The number of aryl methyl sites for hydroxylation is 2. The SMILES string of the molecule is CNCCN(C)C(=O)Cc1ccc2c(c1)CCCC2. The minimum Gasteiger partial charge on any atom is -0.344 e. The Morgan fingerprint density at radius 3 is 2.74 bits per heavy atom. The van der Waals surface area contributed by atoms with Crippen LogP contribution < -0.4 is 5.32 Å². The second-order valence-corrected chi connectivity index (χ2v) is 5.41. The number of carbonyl (C=O) groups excluding carboxylic acids is 1. The fourth-order valence-corrected chi connectivity index (χ4v) is 2.61. The third-order valence-electron chi connectivity index (χ3n) is 3.89. The molecule has 19 heavy (non-hydrogen) atoms. The van der Waals surface area contributed by atoms with E-state index in [2.05, 4.69) is 23.5 Å². The van der Waals surface area contributed by atoms with Crippen molar-refractivity contribution in [2.45, 2.75) is 32.1 Å². The van der Waals surface area contributed by atoms with Gasteiger partial charge < -0.3 is 10.2 Å². The van der Waals surface area contributed by atoms with Crippen molar-refractivity contribution in [2.75, 3.05) is 27.2 Å². The maximum Gasteiger partial charge on any atom is 0.226 e. The molecular weight excluding hydrogens is 236 g/mol. The summed E-state index contributed by atoms with van der Waals surface area (Å²) in [6.07, 6.45) is 5.48. The van der Waals surface area contributed by atoms with Gasteiger partial charge in [0.05, 0.1) is 6.42 Å². The highest BCUT2D eigenvalue weighted by molar-refractivity contribution is 5.78. The largest absolute Gasteiger partial charge is 0.344 e. The van der Waals surface area contributed by atoms with E-state index in [4.69, 9.17) is 0 Å². The van der Waals surface area contributed by atoms with Gasteiger partial charge in [-0.3, -0.25) is 4.79 Å². The van der Waals surface area contributed by atoms with Gasteiger partial charge in [-0.15, -0.1) is 0 Å². The van der Waals surface area contributed by atoms with Crippen molar-refractivity contribution in [2.24, 2.45) is 0 Å². The fraction of sp³-hybridized carbons (Fsp3) is 0.562. The third kappa shape index (κ3) is 3.80. The molecule has 0 heterocycles. The summed E-state index contributed by atoms with van der Waals surface area (Å²) >= 11 is 0. The minimum atomic E-state index is 0.200. The molecule has 3 heteroatoms. The first-order valence-corrected chi connectivity index (χ1v) is 7.20. The van der Waals surface area contributed by atoms with Gasteiger partial charge in [0.1, 0.15) is 0 Å². The Morgan fingerprint density at radius 2 is 2.00 bits per heavy atom. The number of benzene rings is 1. The van der Waals surface area contributed by atoms with Crippen LogP contribution in [0.4, 0.5) is 0 Å². The predicted octanol–water partition coefficient (Wildman–Crippen LogP) is 1.79. The number of carbonyl (C=O) groups is 1. The third-order valence-corrected chi connectivity index (χ3v) is 3.89. The van der Waals surface area contributed by atoms with Crippen molar-refractivity contribution in [3.63, 3.8) is 0 Å². The van der Waals surface area contributed by atoms with Gasteiger partial charge in [-0.25, -0.2) is 0 Å². The van der Waals surface area contributed by atoms with Crippen LogP contribution in [0.5, 0.6) is 0 Å². The van der Waals surface area contributed by atoms with E-state index < -0.39 is 0 Å². The Kier molecular flexibility index (Phi) is 4.97. The van der Waals surface area contributed by atoms with Crippen LogP contribution in [0.15, 0.2) is 18.2 Å². The van der Waals surface area contributed by atoms with E-state index in [0.717, 1.165) is 18.7 Å². The van der Waals surface area contributed by atoms with E-state index in [1.807, 2.05) is 14.1 Å². The molecule has 0 unspecified atom stereocenters. The lowest BCUT2D eigenvalue weighted by atomic mass is 9.90. The molecule has 0 bridgehead atoms. The minimum absolute atomic E-state index is 0.200. The molecule has 1 aromatic rings. The molecule has 1 amide bonds. The second kappa shape index (κ2) is 6.71. The summed E-state index contributed by atoms with van der Waals surface area (Å²) in [5.74, 6) is 0.200. The van der Waals surface area contributed by atoms with Gasteiger partial charge in [-0.2, -0.15) is 0 Å². The van der Waals surface area contributed by atoms with Gasteiger partial charge in [0.25, 0.3) is 0 Å². The van der Waals surface area contributed by atoms with Crippen LogP contribution in [0, 0.1) is 0 Å². The average molecular weight is 260 g/mol. The van der Waals surface area contributed by atoms with Crippen LogP contribution in [0.1, 0.15) is 29.5 Å². The Morgan fingerprint density at radius 1 is 1.26 bits per heavy atom. The molecule has 2 rings (SSSR count). The molecule has 1 aliphatic rings. The zero-order valence-electron chi connectivity index (χ0n) is 12.0. The van der Waals surface area contributed by atoms with Crippen LogP contribution in [0.3, 0.4) is 0 Å². The van der Waals surface area contributed by atoms with Gasteiger partial charge in [-0.05, 0) is 49.4 Å². The lowest BCUT2D eigenvalue weighted by molar-refractivity contribution is -0.129. The average Bonchev–Trinajstić information content (AvgIpc) is 2.44. The molecule has 104 valence electrons. The van der Waals surface area contributed by atoms with Crippen molar-refractivity contribution in [1.29, 1.82) is 0 Å². The maximum atomic E-state index is 12.1. The maximum absolute atomic E-state index is 12.1. The molecule has 0 fully saturated rings. The number of hydrogen-bond acceptors (Lipinski definition) is 2. The normalized spacial score (nSPS) is 14.0. The quantitative estimate of drug-likeness (QED) is 0.875. The van der Waals surface area contributed by atoms with Crippen LogP contribution in [0.25, 0.3) is 0 Å². The van der Waals surface area contributed by atoms with Crippen molar-refractivity contribution in [3.05, 3.63) is 34.9 Å². The first-order chi connectivity index (χ1) is 9.20. The number of hydrogen-bond donors (Lipinski definition) is 1. The molecule has 1 N–H and O–H groups in total. The van der Waals surface area contributed by atoms with Gasteiger partial charge in [0.2, 0.25) is 5.91 Å². The Bertz CT molecular complexity index is 442. The van der Waals surface area contributed by atoms with Gasteiger partial charge in [0.15, 0.2) is 0 Å². The summed E-state index contributed by atoms with van der Waals surface area (Å²) in [6.45, 7) is 1.60. The number of likely N-dealkylation sites (N-methyl/N-ethyl adjacent to an activating group) is 2. The van der Waals surface area contributed by atoms with E-state index in [0.29, 0.717) is 6.42 Å². The second-order valence-electron chi connectivity index (χ2n) is 5.41. The smallest absolute Gasteiger partial charge is 0.226 e. The Balaban J connectivity index is 1.97. The van der Waals surface area contributed by atoms with Crippen molar-refractivity contribution < 1.29 is 4.79 Å². The summed E-state index contributed by atoms with van der Waals surface area (Å²) < 4.78 is 0. The summed E-state index contributed by atoms with van der Waals surface area (Å²) in [6, 6.07) is 6.57. The Labute approximate surface area is 116 Å². The molecule has 0 saturated heterocycles. The van der Waals surface area contributed by atoms with E-state index >= 15 is 0 Å². The number of amides is 1. The molecule has 0 saturated carbocycles. The molecule has 0 atom stereocenters. The van der Waals surface area contributed by atoms with E-state index in [1.54, 1.807) is 4.90 Å². The van der Waals surface area contributed by atoms with Gasteiger partial charge in [-0.1, -0.05) is 18.2 Å². The number of rotatable bonds is 5. The predicted molar refractivity (Wildman–Crippen MR) is 78.4 cm³/mol. The topological polar surface area (TPSA) is 32.3 Å². The lowest BCUT2D eigenvalue weighted by Gasteiger charge is -2.19. The van der Waals surface area contributed by atoms with Crippen LogP contribution in [0.2, 0.25) is 0 Å². The zero-order valence-corrected chi connectivity index (χ0v) is 12.0. The fourth-order valence-electron chi connectivity index (χ4n) is 2.61. The molecule has 0 radical (unpaired) electrons.